The van der Waals surface area contributed by atoms with Gasteiger partial charge in [-0.05, 0) is 30.3 Å². The Morgan fingerprint density at radius 3 is 2.50 bits per heavy atom. The minimum atomic E-state index is -3.66. The summed E-state index contributed by atoms with van der Waals surface area (Å²) in [5.41, 5.74) is 0.544. The fraction of sp³-hybridized carbons (Fsp3) is 0.294. The van der Waals surface area contributed by atoms with Crippen molar-refractivity contribution in [3.63, 3.8) is 0 Å². The molecule has 0 radical (unpaired) electrons. The van der Waals surface area contributed by atoms with Crippen molar-refractivity contribution >= 4 is 33.2 Å². The number of hydrogen-bond donors (Lipinski definition) is 1. The molecule has 140 valence electrons. The van der Waals surface area contributed by atoms with Gasteiger partial charge >= 0.3 is 0 Å². The van der Waals surface area contributed by atoms with Crippen LogP contribution in [0.2, 0.25) is 5.15 Å². The fourth-order valence-electron chi connectivity index (χ4n) is 2.40. The molecule has 0 bridgehead atoms. The number of hydrogen-bond acceptors (Lipinski definition) is 5. The van der Waals surface area contributed by atoms with E-state index in [2.05, 4.69) is 10.3 Å². The van der Waals surface area contributed by atoms with Crippen molar-refractivity contribution in [1.29, 1.82) is 0 Å². The maximum Gasteiger partial charge on any atom is 0.255 e. The third-order valence-electron chi connectivity index (χ3n) is 3.75. The average molecular weight is 398 g/mol. The van der Waals surface area contributed by atoms with Crippen LogP contribution in [0.5, 0.6) is 5.75 Å². The zero-order valence-electron chi connectivity index (χ0n) is 14.7. The van der Waals surface area contributed by atoms with Crippen LogP contribution in [0.15, 0.2) is 41.4 Å². The topological polar surface area (TPSA) is 88.6 Å². The number of carbonyl (C=O) groups is 1. The van der Waals surface area contributed by atoms with Crippen molar-refractivity contribution in [1.82, 2.24) is 9.29 Å². The number of sulfonamides is 1. The lowest BCUT2D eigenvalue weighted by Gasteiger charge is -2.19. The SMILES string of the molecule is CCN(CC)S(=O)(=O)c1ccc(OC)c(NC(=O)c2ccnc(Cl)c2)c1. The highest BCUT2D eigenvalue weighted by atomic mass is 35.5. The molecule has 1 aromatic carbocycles. The van der Waals surface area contributed by atoms with Gasteiger partial charge in [0.05, 0.1) is 17.7 Å². The van der Waals surface area contributed by atoms with Gasteiger partial charge in [-0.3, -0.25) is 4.79 Å². The average Bonchev–Trinajstić information content (AvgIpc) is 2.62. The number of pyridine rings is 1. The molecule has 0 aliphatic carbocycles. The van der Waals surface area contributed by atoms with Gasteiger partial charge < -0.3 is 10.1 Å². The summed E-state index contributed by atoms with van der Waals surface area (Å²) in [4.78, 5) is 16.3. The number of methoxy groups -OCH3 is 1. The number of carbonyl (C=O) groups excluding carboxylic acids is 1. The van der Waals surface area contributed by atoms with Gasteiger partial charge in [0.15, 0.2) is 0 Å². The van der Waals surface area contributed by atoms with E-state index in [4.69, 9.17) is 16.3 Å². The van der Waals surface area contributed by atoms with E-state index in [-0.39, 0.29) is 15.7 Å². The van der Waals surface area contributed by atoms with Gasteiger partial charge in [0.1, 0.15) is 10.9 Å². The molecule has 0 aliphatic heterocycles. The Bertz CT molecular complexity index is 899. The molecular formula is C17H20ClN3O4S. The zero-order chi connectivity index (χ0) is 19.3. The van der Waals surface area contributed by atoms with Crippen LogP contribution in [-0.4, -0.2) is 43.8 Å². The molecule has 0 atom stereocenters. The summed E-state index contributed by atoms with van der Waals surface area (Å²) in [5, 5.41) is 2.84. The smallest absolute Gasteiger partial charge is 0.255 e. The highest BCUT2D eigenvalue weighted by Crippen LogP contribution is 2.29. The number of amides is 1. The molecular weight excluding hydrogens is 378 g/mol. The van der Waals surface area contributed by atoms with Gasteiger partial charge in [-0.15, -0.1) is 0 Å². The molecule has 0 saturated heterocycles. The minimum Gasteiger partial charge on any atom is -0.495 e. The number of ether oxygens (including phenoxy) is 1. The van der Waals surface area contributed by atoms with E-state index < -0.39 is 15.9 Å². The molecule has 1 aromatic heterocycles. The summed E-state index contributed by atoms with van der Waals surface area (Å²) in [6.07, 6.45) is 1.41. The molecule has 2 rings (SSSR count). The van der Waals surface area contributed by atoms with Gasteiger partial charge in [-0.1, -0.05) is 25.4 Å². The molecule has 2 aromatic rings. The van der Waals surface area contributed by atoms with Gasteiger partial charge in [-0.2, -0.15) is 4.31 Å². The molecule has 0 saturated carbocycles. The van der Waals surface area contributed by atoms with Crippen molar-refractivity contribution in [2.24, 2.45) is 0 Å². The standard InChI is InChI=1S/C17H20ClN3O4S/c1-4-21(5-2)26(23,24)13-6-7-15(25-3)14(11-13)20-17(22)12-8-9-19-16(18)10-12/h6-11H,4-5H2,1-3H3,(H,20,22). The highest BCUT2D eigenvalue weighted by Gasteiger charge is 2.23. The maximum atomic E-state index is 12.7. The number of aromatic nitrogens is 1. The summed E-state index contributed by atoms with van der Waals surface area (Å²) in [5.74, 6) is -0.109. The lowest BCUT2D eigenvalue weighted by atomic mass is 10.2. The Hall–Kier alpha value is -2.16. The number of nitrogens with one attached hydrogen (secondary N) is 1. The molecule has 1 heterocycles. The van der Waals surface area contributed by atoms with E-state index in [9.17, 15) is 13.2 Å². The highest BCUT2D eigenvalue weighted by molar-refractivity contribution is 7.89. The molecule has 0 spiro atoms. The maximum absolute atomic E-state index is 12.7. The monoisotopic (exact) mass is 397 g/mol. The number of nitrogens with zero attached hydrogens (tertiary/aromatic N) is 2. The molecule has 1 amide bonds. The van der Waals surface area contributed by atoms with Gasteiger partial charge in [0.25, 0.3) is 5.91 Å². The van der Waals surface area contributed by atoms with Crippen LogP contribution in [-0.2, 0) is 10.0 Å². The van der Waals surface area contributed by atoms with Crippen LogP contribution in [0.1, 0.15) is 24.2 Å². The Balaban J connectivity index is 2.40. The van der Waals surface area contributed by atoms with E-state index >= 15 is 0 Å². The second-order valence-corrected chi connectivity index (χ2v) is 7.60. The summed E-state index contributed by atoms with van der Waals surface area (Å²) < 4.78 is 31.9. The molecule has 0 aliphatic rings. The number of rotatable bonds is 7. The second kappa shape index (κ2) is 8.48. The van der Waals surface area contributed by atoms with Crippen LogP contribution < -0.4 is 10.1 Å². The molecule has 7 nitrogen and oxygen atoms in total. The van der Waals surface area contributed by atoms with Crippen LogP contribution >= 0.6 is 11.6 Å². The van der Waals surface area contributed by atoms with E-state index in [0.717, 1.165) is 0 Å². The van der Waals surface area contributed by atoms with Crippen LogP contribution in [0.3, 0.4) is 0 Å². The molecule has 9 heteroatoms. The summed E-state index contributed by atoms with van der Waals surface area (Å²) >= 11 is 5.80. The first-order valence-electron chi connectivity index (χ1n) is 7.94. The Labute approximate surface area is 158 Å². The number of halogens is 1. The van der Waals surface area contributed by atoms with Crippen LogP contribution in [0, 0.1) is 0 Å². The van der Waals surface area contributed by atoms with E-state index in [0.29, 0.717) is 24.4 Å². The Morgan fingerprint density at radius 2 is 1.92 bits per heavy atom. The van der Waals surface area contributed by atoms with Crippen molar-refractivity contribution in [3.05, 3.63) is 47.2 Å². The molecule has 0 fully saturated rings. The molecule has 26 heavy (non-hydrogen) atoms. The first-order chi connectivity index (χ1) is 12.3. The van der Waals surface area contributed by atoms with Gasteiger partial charge in [0.2, 0.25) is 10.0 Å². The van der Waals surface area contributed by atoms with E-state index in [1.54, 1.807) is 13.8 Å². The van der Waals surface area contributed by atoms with E-state index in [1.807, 2.05) is 0 Å². The minimum absolute atomic E-state index is 0.0741. The van der Waals surface area contributed by atoms with Crippen molar-refractivity contribution in [2.75, 3.05) is 25.5 Å². The normalized spacial score (nSPS) is 11.4. The lowest BCUT2D eigenvalue weighted by molar-refractivity contribution is 0.102. The van der Waals surface area contributed by atoms with Gasteiger partial charge in [-0.25, -0.2) is 13.4 Å². The van der Waals surface area contributed by atoms with Crippen molar-refractivity contribution in [3.8, 4) is 5.75 Å². The molecule has 1 N–H and O–H groups in total. The van der Waals surface area contributed by atoms with Gasteiger partial charge in [0, 0.05) is 24.8 Å². The van der Waals surface area contributed by atoms with Crippen molar-refractivity contribution in [2.45, 2.75) is 18.7 Å². The summed E-state index contributed by atoms with van der Waals surface area (Å²) in [7, 11) is -2.22. The summed E-state index contributed by atoms with van der Waals surface area (Å²) in [6.45, 7) is 4.23. The van der Waals surface area contributed by atoms with Crippen LogP contribution in [0.25, 0.3) is 0 Å². The summed E-state index contributed by atoms with van der Waals surface area (Å²) in [6, 6.07) is 7.26. The Kier molecular flexibility index (Phi) is 6.57. The lowest BCUT2D eigenvalue weighted by Crippen LogP contribution is -2.30. The first kappa shape index (κ1) is 20.2. The fourth-order valence-corrected chi connectivity index (χ4v) is 4.05. The molecule has 0 unspecified atom stereocenters. The van der Waals surface area contributed by atoms with Crippen LogP contribution in [0.4, 0.5) is 5.69 Å². The van der Waals surface area contributed by atoms with E-state index in [1.165, 1.54) is 47.9 Å². The Morgan fingerprint density at radius 1 is 1.23 bits per heavy atom. The quantitative estimate of drug-likeness (QED) is 0.725. The zero-order valence-corrected chi connectivity index (χ0v) is 16.3. The first-order valence-corrected chi connectivity index (χ1v) is 9.76. The largest absolute Gasteiger partial charge is 0.495 e. The third-order valence-corrected chi connectivity index (χ3v) is 6.00. The second-order valence-electron chi connectivity index (χ2n) is 5.27. The number of benzene rings is 1. The van der Waals surface area contributed by atoms with Crippen molar-refractivity contribution < 1.29 is 17.9 Å². The predicted octanol–water partition coefficient (Wildman–Crippen LogP) is 3.03. The third kappa shape index (κ3) is 4.32. The number of anilines is 1. The predicted molar refractivity (Wildman–Crippen MR) is 100 cm³/mol.